The fourth-order valence-corrected chi connectivity index (χ4v) is 1.96. The lowest BCUT2D eigenvalue weighted by atomic mass is 9.80. The van der Waals surface area contributed by atoms with E-state index in [1.807, 2.05) is 0 Å². The molecule has 0 aromatic carbocycles. The van der Waals surface area contributed by atoms with Crippen molar-refractivity contribution in [1.82, 2.24) is 4.90 Å². The third-order valence-corrected chi connectivity index (χ3v) is 2.96. The molecule has 0 aromatic heterocycles. The van der Waals surface area contributed by atoms with Crippen LogP contribution in [0.4, 0.5) is 13.2 Å². The van der Waals surface area contributed by atoms with E-state index in [0.717, 1.165) is 12.8 Å². The molecule has 106 valence electrons. The van der Waals surface area contributed by atoms with Gasteiger partial charge in [-0.2, -0.15) is 13.2 Å². The summed E-state index contributed by atoms with van der Waals surface area (Å²) in [4.78, 5) is 13.1. The molecule has 0 bridgehead atoms. The van der Waals surface area contributed by atoms with Gasteiger partial charge in [-0.05, 0) is 18.8 Å². The lowest BCUT2D eigenvalue weighted by Crippen LogP contribution is -2.43. The standard InChI is InChI=1S/C11H19F3N2O2/c1-16(6-8-4-9(15)5-8)10(17)2-3-18-7-11(12,13)14/h8-9H,2-7,15H2,1H3. The van der Waals surface area contributed by atoms with Crippen LogP contribution in [-0.4, -0.2) is 49.8 Å². The summed E-state index contributed by atoms with van der Waals surface area (Å²) in [6.45, 7) is -0.889. The van der Waals surface area contributed by atoms with E-state index in [-0.39, 0.29) is 25.0 Å². The molecule has 1 aliphatic carbocycles. The van der Waals surface area contributed by atoms with Crippen LogP contribution in [0.1, 0.15) is 19.3 Å². The van der Waals surface area contributed by atoms with Gasteiger partial charge >= 0.3 is 6.18 Å². The first-order valence-corrected chi connectivity index (χ1v) is 5.92. The van der Waals surface area contributed by atoms with Crippen molar-refractivity contribution < 1.29 is 22.7 Å². The number of carbonyl (C=O) groups is 1. The highest BCUT2D eigenvalue weighted by Gasteiger charge is 2.29. The molecule has 1 amide bonds. The maximum Gasteiger partial charge on any atom is 0.411 e. The van der Waals surface area contributed by atoms with Crippen molar-refractivity contribution in [2.45, 2.75) is 31.5 Å². The number of ether oxygens (including phenoxy) is 1. The number of halogens is 3. The van der Waals surface area contributed by atoms with Gasteiger partial charge in [0.15, 0.2) is 0 Å². The summed E-state index contributed by atoms with van der Waals surface area (Å²) in [5, 5.41) is 0. The number of amides is 1. The third kappa shape index (κ3) is 5.68. The van der Waals surface area contributed by atoms with E-state index >= 15 is 0 Å². The lowest BCUT2D eigenvalue weighted by Gasteiger charge is -2.35. The molecule has 0 saturated heterocycles. The molecule has 1 rings (SSSR count). The normalized spacial score (nSPS) is 23.6. The summed E-state index contributed by atoms with van der Waals surface area (Å²) < 4.78 is 39.7. The third-order valence-electron chi connectivity index (χ3n) is 2.96. The van der Waals surface area contributed by atoms with E-state index in [9.17, 15) is 18.0 Å². The first-order valence-electron chi connectivity index (χ1n) is 5.92. The molecule has 0 atom stereocenters. The molecule has 0 radical (unpaired) electrons. The van der Waals surface area contributed by atoms with Crippen LogP contribution in [0.3, 0.4) is 0 Å². The Hall–Kier alpha value is -0.820. The monoisotopic (exact) mass is 268 g/mol. The van der Waals surface area contributed by atoms with Gasteiger partial charge in [0.1, 0.15) is 6.61 Å². The fraction of sp³-hybridized carbons (Fsp3) is 0.909. The van der Waals surface area contributed by atoms with Crippen molar-refractivity contribution in [1.29, 1.82) is 0 Å². The molecular weight excluding hydrogens is 249 g/mol. The zero-order valence-electron chi connectivity index (χ0n) is 10.4. The molecule has 0 heterocycles. The summed E-state index contributed by atoms with van der Waals surface area (Å²) >= 11 is 0. The quantitative estimate of drug-likeness (QED) is 0.735. The highest BCUT2D eigenvalue weighted by atomic mass is 19.4. The summed E-state index contributed by atoms with van der Waals surface area (Å²) in [6.07, 6.45) is -2.55. The summed E-state index contributed by atoms with van der Waals surface area (Å²) in [7, 11) is 1.65. The van der Waals surface area contributed by atoms with Gasteiger partial charge < -0.3 is 15.4 Å². The smallest absolute Gasteiger partial charge is 0.372 e. The maximum atomic E-state index is 11.8. The number of nitrogens with two attached hydrogens (primary N) is 1. The fourth-order valence-electron chi connectivity index (χ4n) is 1.96. The van der Waals surface area contributed by atoms with Crippen molar-refractivity contribution in [3.05, 3.63) is 0 Å². The number of carbonyl (C=O) groups excluding carboxylic acids is 1. The zero-order valence-corrected chi connectivity index (χ0v) is 10.4. The van der Waals surface area contributed by atoms with Gasteiger partial charge in [-0.1, -0.05) is 0 Å². The number of hydrogen-bond donors (Lipinski definition) is 1. The van der Waals surface area contributed by atoms with E-state index in [0.29, 0.717) is 12.5 Å². The van der Waals surface area contributed by atoms with Gasteiger partial charge in [-0.25, -0.2) is 0 Å². The predicted molar refractivity (Wildman–Crippen MR) is 59.8 cm³/mol. The molecule has 1 saturated carbocycles. The Morgan fingerprint density at radius 2 is 2.06 bits per heavy atom. The summed E-state index contributed by atoms with van der Waals surface area (Å²) in [6, 6.07) is 0.230. The highest BCUT2D eigenvalue weighted by Crippen LogP contribution is 2.26. The average molecular weight is 268 g/mol. The number of rotatable bonds is 6. The van der Waals surface area contributed by atoms with Crippen molar-refractivity contribution in [2.75, 3.05) is 26.8 Å². The number of hydrogen-bond acceptors (Lipinski definition) is 3. The second-order valence-corrected chi connectivity index (χ2v) is 4.79. The van der Waals surface area contributed by atoms with Crippen LogP contribution in [0, 0.1) is 5.92 Å². The minimum Gasteiger partial charge on any atom is -0.372 e. The Morgan fingerprint density at radius 1 is 1.44 bits per heavy atom. The number of alkyl halides is 3. The zero-order chi connectivity index (χ0) is 13.8. The molecule has 0 unspecified atom stereocenters. The first kappa shape index (κ1) is 15.2. The Kier molecular flexibility index (Phi) is 5.40. The van der Waals surface area contributed by atoms with E-state index in [4.69, 9.17) is 5.73 Å². The van der Waals surface area contributed by atoms with Gasteiger partial charge in [0.2, 0.25) is 5.91 Å². The average Bonchev–Trinajstić information content (AvgIpc) is 2.20. The first-order chi connectivity index (χ1) is 8.28. The predicted octanol–water partition coefficient (Wildman–Crippen LogP) is 1.15. The Labute approximate surface area is 104 Å². The van der Waals surface area contributed by atoms with Crippen LogP contribution in [0.15, 0.2) is 0 Å². The molecule has 1 aliphatic rings. The van der Waals surface area contributed by atoms with Gasteiger partial charge in [0, 0.05) is 19.6 Å². The molecule has 1 fully saturated rings. The maximum absolute atomic E-state index is 11.8. The molecule has 0 spiro atoms. The van der Waals surface area contributed by atoms with Gasteiger partial charge in [-0.3, -0.25) is 4.79 Å². The van der Waals surface area contributed by atoms with E-state index in [1.165, 1.54) is 4.90 Å². The molecule has 4 nitrogen and oxygen atoms in total. The van der Waals surface area contributed by atoms with Crippen molar-refractivity contribution in [3.8, 4) is 0 Å². The Balaban J connectivity index is 2.08. The second-order valence-electron chi connectivity index (χ2n) is 4.79. The summed E-state index contributed by atoms with van der Waals surface area (Å²) in [5.74, 6) is 0.225. The molecule has 7 heteroatoms. The van der Waals surface area contributed by atoms with Crippen LogP contribution in [-0.2, 0) is 9.53 Å². The molecule has 2 N–H and O–H groups in total. The van der Waals surface area contributed by atoms with Crippen LogP contribution in [0.5, 0.6) is 0 Å². The summed E-state index contributed by atoms with van der Waals surface area (Å²) in [5.41, 5.74) is 5.63. The van der Waals surface area contributed by atoms with E-state index in [2.05, 4.69) is 4.74 Å². The molecule has 0 aliphatic heterocycles. The van der Waals surface area contributed by atoms with E-state index < -0.39 is 12.8 Å². The van der Waals surface area contributed by atoms with Crippen LogP contribution < -0.4 is 5.73 Å². The topological polar surface area (TPSA) is 55.6 Å². The van der Waals surface area contributed by atoms with Crippen LogP contribution in [0.25, 0.3) is 0 Å². The van der Waals surface area contributed by atoms with Crippen molar-refractivity contribution >= 4 is 5.91 Å². The second kappa shape index (κ2) is 6.38. The Morgan fingerprint density at radius 3 is 2.56 bits per heavy atom. The van der Waals surface area contributed by atoms with Crippen LogP contribution >= 0.6 is 0 Å². The van der Waals surface area contributed by atoms with E-state index in [1.54, 1.807) is 7.05 Å². The minimum atomic E-state index is -4.34. The minimum absolute atomic E-state index is 0.0225. The molecular formula is C11H19F3N2O2. The lowest BCUT2D eigenvalue weighted by molar-refractivity contribution is -0.175. The van der Waals surface area contributed by atoms with Gasteiger partial charge in [0.25, 0.3) is 0 Å². The van der Waals surface area contributed by atoms with Crippen molar-refractivity contribution in [3.63, 3.8) is 0 Å². The largest absolute Gasteiger partial charge is 0.411 e. The van der Waals surface area contributed by atoms with Gasteiger partial charge in [0.05, 0.1) is 13.0 Å². The van der Waals surface area contributed by atoms with Crippen molar-refractivity contribution in [2.24, 2.45) is 11.7 Å². The van der Waals surface area contributed by atoms with Crippen LogP contribution in [0.2, 0.25) is 0 Å². The SMILES string of the molecule is CN(CC1CC(N)C1)C(=O)CCOCC(F)(F)F. The van der Waals surface area contributed by atoms with Gasteiger partial charge in [-0.15, -0.1) is 0 Å². The highest BCUT2D eigenvalue weighted by molar-refractivity contribution is 5.75. The molecule has 18 heavy (non-hydrogen) atoms. The Bertz CT molecular complexity index is 278. The molecule has 0 aromatic rings. The number of nitrogens with zero attached hydrogens (tertiary/aromatic N) is 1.